The van der Waals surface area contributed by atoms with Gasteiger partial charge >= 0.3 is 0 Å². The van der Waals surface area contributed by atoms with Crippen LogP contribution in [0.1, 0.15) is 10.4 Å². The number of hydrogen-bond donors (Lipinski definition) is 2. The normalized spacial score (nSPS) is 10.1. The average molecular weight is 304 g/mol. The smallest absolute Gasteiger partial charge is 0.255 e. The van der Waals surface area contributed by atoms with E-state index >= 15 is 0 Å². The fraction of sp³-hybridized carbons (Fsp3) is 0.0667. The van der Waals surface area contributed by atoms with Crippen LogP contribution in [0, 0.1) is 5.82 Å². The number of hydrogen-bond acceptors (Lipinski definition) is 3. The molecule has 0 radical (unpaired) electrons. The van der Waals surface area contributed by atoms with Gasteiger partial charge in [0.15, 0.2) is 0 Å². The van der Waals surface area contributed by atoms with Crippen molar-refractivity contribution in [3.05, 3.63) is 59.9 Å². The van der Waals surface area contributed by atoms with Crippen molar-refractivity contribution in [3.63, 3.8) is 0 Å². The van der Waals surface area contributed by atoms with Gasteiger partial charge in [0.2, 0.25) is 5.91 Å². The van der Waals surface area contributed by atoms with Gasteiger partial charge in [-0.05, 0) is 36.4 Å². The molecule has 3 N–H and O–H groups in total. The first-order valence-corrected chi connectivity index (χ1v) is 7.12. The molecule has 108 valence electrons. The van der Waals surface area contributed by atoms with Crippen LogP contribution in [-0.2, 0) is 4.79 Å². The van der Waals surface area contributed by atoms with Gasteiger partial charge in [0.1, 0.15) is 5.82 Å². The van der Waals surface area contributed by atoms with Crippen molar-refractivity contribution in [3.8, 4) is 0 Å². The minimum atomic E-state index is -0.431. The molecule has 0 aliphatic heterocycles. The zero-order valence-electron chi connectivity index (χ0n) is 11.0. The van der Waals surface area contributed by atoms with E-state index in [1.807, 2.05) is 0 Å². The fourth-order valence-corrected chi connectivity index (χ4v) is 2.39. The van der Waals surface area contributed by atoms with E-state index in [1.165, 1.54) is 36.0 Å². The second-order valence-electron chi connectivity index (χ2n) is 4.21. The standard InChI is InChI=1S/C15H13FN2O2S/c16-11-7-5-10(6-8-11)15(20)18-12-3-1-2-4-13(12)21-9-14(17)19/h1-8H,9H2,(H2,17,19)(H,18,20). The molecule has 0 heterocycles. The number of para-hydroxylation sites is 1. The molecule has 2 rings (SSSR count). The third-order valence-corrected chi connectivity index (χ3v) is 3.71. The van der Waals surface area contributed by atoms with Crippen LogP contribution in [0.25, 0.3) is 0 Å². The van der Waals surface area contributed by atoms with Gasteiger partial charge in [-0.2, -0.15) is 0 Å². The van der Waals surface area contributed by atoms with Gasteiger partial charge < -0.3 is 11.1 Å². The molecule has 0 aromatic heterocycles. The molecule has 0 spiro atoms. The molecule has 0 fully saturated rings. The number of nitrogens with two attached hydrogens (primary N) is 1. The molecular weight excluding hydrogens is 291 g/mol. The first kappa shape index (κ1) is 15.1. The van der Waals surface area contributed by atoms with Gasteiger partial charge in [0.05, 0.1) is 11.4 Å². The Bertz CT molecular complexity index is 659. The maximum absolute atomic E-state index is 12.8. The Morgan fingerprint density at radius 1 is 1.10 bits per heavy atom. The van der Waals surface area contributed by atoms with E-state index in [2.05, 4.69) is 5.32 Å². The molecule has 4 nitrogen and oxygen atoms in total. The molecule has 0 bridgehead atoms. The second kappa shape index (κ2) is 6.90. The summed E-state index contributed by atoms with van der Waals surface area (Å²) in [5.41, 5.74) is 6.05. The van der Waals surface area contributed by atoms with Crippen LogP contribution in [-0.4, -0.2) is 17.6 Å². The van der Waals surface area contributed by atoms with Gasteiger partial charge in [-0.25, -0.2) is 4.39 Å². The summed E-state index contributed by atoms with van der Waals surface area (Å²) in [6.07, 6.45) is 0. The molecule has 0 saturated carbocycles. The van der Waals surface area contributed by atoms with Crippen LogP contribution in [0.2, 0.25) is 0 Å². The highest BCUT2D eigenvalue weighted by Crippen LogP contribution is 2.27. The Morgan fingerprint density at radius 2 is 1.76 bits per heavy atom. The number of amides is 2. The molecule has 2 aromatic carbocycles. The van der Waals surface area contributed by atoms with Crippen molar-refractivity contribution in [1.29, 1.82) is 0 Å². The summed E-state index contributed by atoms with van der Waals surface area (Å²) in [7, 11) is 0. The van der Waals surface area contributed by atoms with Crippen molar-refractivity contribution in [2.24, 2.45) is 5.73 Å². The highest BCUT2D eigenvalue weighted by atomic mass is 32.2. The van der Waals surface area contributed by atoms with E-state index in [1.54, 1.807) is 24.3 Å². The lowest BCUT2D eigenvalue weighted by Crippen LogP contribution is -2.14. The summed E-state index contributed by atoms with van der Waals surface area (Å²) in [6.45, 7) is 0. The van der Waals surface area contributed by atoms with E-state index < -0.39 is 11.7 Å². The summed E-state index contributed by atoms with van der Waals surface area (Å²) in [5.74, 6) is -1.05. The number of rotatable bonds is 5. The predicted molar refractivity (Wildman–Crippen MR) is 80.7 cm³/mol. The van der Waals surface area contributed by atoms with Crippen LogP contribution < -0.4 is 11.1 Å². The minimum Gasteiger partial charge on any atom is -0.369 e. The van der Waals surface area contributed by atoms with E-state index in [9.17, 15) is 14.0 Å². The lowest BCUT2D eigenvalue weighted by Gasteiger charge is -2.10. The first-order chi connectivity index (χ1) is 10.1. The maximum Gasteiger partial charge on any atom is 0.255 e. The lowest BCUT2D eigenvalue weighted by molar-refractivity contribution is -0.115. The Hall–Kier alpha value is -2.34. The summed E-state index contributed by atoms with van der Waals surface area (Å²) < 4.78 is 12.8. The lowest BCUT2D eigenvalue weighted by atomic mass is 10.2. The third-order valence-electron chi connectivity index (χ3n) is 2.61. The summed E-state index contributed by atoms with van der Waals surface area (Å²) in [4.78, 5) is 23.7. The van der Waals surface area contributed by atoms with Gasteiger partial charge in [-0.1, -0.05) is 12.1 Å². The third kappa shape index (κ3) is 4.32. The fourth-order valence-electron chi connectivity index (χ4n) is 1.64. The van der Waals surface area contributed by atoms with E-state index in [0.29, 0.717) is 11.3 Å². The molecule has 0 aliphatic carbocycles. The summed E-state index contributed by atoms with van der Waals surface area (Å²) in [5, 5.41) is 2.74. The highest BCUT2D eigenvalue weighted by molar-refractivity contribution is 8.00. The number of thioether (sulfide) groups is 1. The zero-order valence-corrected chi connectivity index (χ0v) is 11.8. The van der Waals surface area contributed by atoms with Crippen molar-refractivity contribution in [1.82, 2.24) is 0 Å². The molecule has 0 unspecified atom stereocenters. The minimum absolute atomic E-state index is 0.128. The van der Waals surface area contributed by atoms with Gasteiger partial charge in [-0.15, -0.1) is 11.8 Å². The molecular formula is C15H13FN2O2S. The first-order valence-electron chi connectivity index (χ1n) is 6.13. The number of benzene rings is 2. The highest BCUT2D eigenvalue weighted by Gasteiger charge is 2.10. The van der Waals surface area contributed by atoms with Gasteiger partial charge in [0, 0.05) is 10.5 Å². The molecule has 6 heteroatoms. The van der Waals surface area contributed by atoms with Gasteiger partial charge in [0.25, 0.3) is 5.91 Å². The van der Waals surface area contributed by atoms with Crippen molar-refractivity contribution < 1.29 is 14.0 Å². The number of nitrogens with one attached hydrogen (secondary N) is 1. The van der Waals surface area contributed by atoms with E-state index in [0.717, 1.165) is 4.90 Å². The zero-order chi connectivity index (χ0) is 15.2. The Morgan fingerprint density at radius 3 is 2.43 bits per heavy atom. The monoisotopic (exact) mass is 304 g/mol. The Labute approximate surface area is 125 Å². The Balaban J connectivity index is 2.13. The summed E-state index contributed by atoms with van der Waals surface area (Å²) in [6, 6.07) is 12.4. The Kier molecular flexibility index (Phi) is 4.94. The van der Waals surface area contributed by atoms with Crippen LogP contribution in [0.15, 0.2) is 53.4 Å². The summed E-state index contributed by atoms with van der Waals surface area (Å²) >= 11 is 1.25. The second-order valence-corrected chi connectivity index (χ2v) is 5.23. The van der Waals surface area contributed by atoms with Crippen molar-refractivity contribution in [2.75, 3.05) is 11.1 Å². The number of halogens is 1. The molecule has 2 amide bonds. The SMILES string of the molecule is NC(=O)CSc1ccccc1NC(=O)c1ccc(F)cc1. The molecule has 2 aromatic rings. The number of primary amides is 1. The predicted octanol–water partition coefficient (Wildman–Crippen LogP) is 2.66. The van der Waals surface area contributed by atoms with Crippen LogP contribution in [0.3, 0.4) is 0 Å². The number of carbonyl (C=O) groups excluding carboxylic acids is 2. The topological polar surface area (TPSA) is 72.2 Å². The molecule has 21 heavy (non-hydrogen) atoms. The quantitative estimate of drug-likeness (QED) is 0.834. The van der Waals surface area contributed by atoms with Crippen molar-refractivity contribution >= 4 is 29.3 Å². The maximum atomic E-state index is 12.8. The number of carbonyl (C=O) groups is 2. The largest absolute Gasteiger partial charge is 0.369 e. The van der Waals surface area contributed by atoms with Crippen LogP contribution in [0.5, 0.6) is 0 Å². The van der Waals surface area contributed by atoms with Gasteiger partial charge in [-0.3, -0.25) is 9.59 Å². The van der Waals surface area contributed by atoms with E-state index in [-0.39, 0.29) is 11.7 Å². The average Bonchev–Trinajstić information content (AvgIpc) is 2.47. The molecule has 0 saturated heterocycles. The van der Waals surface area contributed by atoms with Crippen molar-refractivity contribution in [2.45, 2.75) is 4.90 Å². The molecule has 0 aliphatic rings. The van der Waals surface area contributed by atoms with Crippen LogP contribution >= 0.6 is 11.8 Å². The molecule has 0 atom stereocenters. The van der Waals surface area contributed by atoms with E-state index in [4.69, 9.17) is 5.73 Å². The number of anilines is 1. The van der Waals surface area contributed by atoms with Crippen LogP contribution in [0.4, 0.5) is 10.1 Å².